The standard InChI is InChI=1S/C23H34N2O5/c1-23(2,3)30-22(27)24-13-10-16(11-14-24)21(26)25-12-6-7-18(25)17-8-9-19(28-4)20(15-17)29-5/h8-9,15-16,18H,6-7,10-14H2,1-5H3/t18-/m1/s1. The molecule has 2 aliphatic rings. The Hall–Kier alpha value is -2.44. The fraction of sp³-hybridized carbons (Fsp3) is 0.652. The Morgan fingerprint density at radius 3 is 2.23 bits per heavy atom. The number of nitrogens with zero attached hydrogens (tertiary/aromatic N) is 2. The van der Waals surface area contributed by atoms with Crippen molar-refractivity contribution in [3.63, 3.8) is 0 Å². The SMILES string of the molecule is COc1ccc([C@H]2CCCN2C(=O)C2CCN(C(=O)OC(C)(C)C)CC2)cc1OC. The highest BCUT2D eigenvalue weighted by Crippen LogP contribution is 2.38. The van der Waals surface area contributed by atoms with Gasteiger partial charge in [0.2, 0.25) is 5.91 Å². The van der Waals surface area contributed by atoms with Gasteiger partial charge < -0.3 is 24.0 Å². The van der Waals surface area contributed by atoms with E-state index < -0.39 is 5.60 Å². The van der Waals surface area contributed by atoms with Crippen LogP contribution in [0.5, 0.6) is 11.5 Å². The van der Waals surface area contributed by atoms with Crippen LogP contribution in [0.25, 0.3) is 0 Å². The zero-order chi connectivity index (χ0) is 21.9. The molecule has 0 spiro atoms. The van der Waals surface area contributed by atoms with E-state index in [1.165, 1.54) is 0 Å². The van der Waals surface area contributed by atoms with Gasteiger partial charge in [-0.25, -0.2) is 4.79 Å². The summed E-state index contributed by atoms with van der Waals surface area (Å²) in [5.74, 6) is 1.51. The molecule has 0 aliphatic carbocycles. The van der Waals surface area contributed by atoms with Gasteiger partial charge in [-0.2, -0.15) is 0 Å². The van der Waals surface area contributed by atoms with E-state index in [-0.39, 0.29) is 24.0 Å². The lowest BCUT2D eigenvalue weighted by Crippen LogP contribution is -2.45. The third kappa shape index (κ3) is 4.99. The van der Waals surface area contributed by atoms with Crippen LogP contribution in [0.1, 0.15) is 58.1 Å². The Bertz CT molecular complexity index is 765. The van der Waals surface area contributed by atoms with Gasteiger partial charge in [0.05, 0.1) is 20.3 Å². The highest BCUT2D eigenvalue weighted by atomic mass is 16.6. The number of methoxy groups -OCH3 is 2. The van der Waals surface area contributed by atoms with Crippen LogP contribution < -0.4 is 9.47 Å². The normalized spacial score (nSPS) is 20.2. The van der Waals surface area contributed by atoms with Crippen LogP contribution in [-0.4, -0.2) is 61.3 Å². The summed E-state index contributed by atoms with van der Waals surface area (Å²) in [6.45, 7) is 7.47. The molecule has 1 aromatic rings. The van der Waals surface area contributed by atoms with Crippen molar-refractivity contribution in [1.82, 2.24) is 9.80 Å². The third-order valence-corrected chi connectivity index (χ3v) is 5.82. The molecule has 0 radical (unpaired) electrons. The number of ether oxygens (including phenoxy) is 3. The highest BCUT2D eigenvalue weighted by Gasteiger charge is 2.37. The van der Waals surface area contributed by atoms with E-state index >= 15 is 0 Å². The van der Waals surface area contributed by atoms with Crippen molar-refractivity contribution < 1.29 is 23.8 Å². The van der Waals surface area contributed by atoms with E-state index in [1.54, 1.807) is 19.1 Å². The van der Waals surface area contributed by atoms with E-state index in [4.69, 9.17) is 14.2 Å². The third-order valence-electron chi connectivity index (χ3n) is 5.82. The molecule has 1 aromatic carbocycles. The molecule has 1 atom stereocenters. The average Bonchev–Trinajstić information content (AvgIpc) is 3.21. The molecule has 2 saturated heterocycles. The summed E-state index contributed by atoms with van der Waals surface area (Å²) < 4.78 is 16.2. The minimum Gasteiger partial charge on any atom is -0.493 e. The minimum atomic E-state index is -0.508. The molecule has 30 heavy (non-hydrogen) atoms. The van der Waals surface area contributed by atoms with Gasteiger partial charge in [0, 0.05) is 25.6 Å². The van der Waals surface area contributed by atoms with E-state index in [1.807, 2.05) is 43.9 Å². The number of rotatable bonds is 4. The molecule has 0 aromatic heterocycles. The summed E-state index contributed by atoms with van der Waals surface area (Å²) in [5, 5.41) is 0. The predicted molar refractivity (Wildman–Crippen MR) is 114 cm³/mol. The average molecular weight is 419 g/mol. The molecule has 0 unspecified atom stereocenters. The van der Waals surface area contributed by atoms with Gasteiger partial charge in [-0.3, -0.25) is 4.79 Å². The van der Waals surface area contributed by atoms with Gasteiger partial charge in [0.15, 0.2) is 11.5 Å². The first kappa shape index (κ1) is 22.2. The van der Waals surface area contributed by atoms with Crippen LogP contribution in [0, 0.1) is 5.92 Å². The maximum atomic E-state index is 13.3. The maximum absolute atomic E-state index is 13.3. The zero-order valence-electron chi connectivity index (χ0n) is 18.8. The van der Waals surface area contributed by atoms with Gasteiger partial charge in [-0.05, 0) is 64.2 Å². The van der Waals surface area contributed by atoms with Crippen molar-refractivity contribution in [3.8, 4) is 11.5 Å². The summed E-state index contributed by atoms with van der Waals surface area (Å²) in [6.07, 6.45) is 2.98. The number of hydrogen-bond donors (Lipinski definition) is 0. The second-order valence-corrected chi connectivity index (χ2v) is 9.05. The smallest absolute Gasteiger partial charge is 0.410 e. The molecule has 0 saturated carbocycles. The predicted octanol–water partition coefficient (Wildman–Crippen LogP) is 4.01. The maximum Gasteiger partial charge on any atom is 0.410 e. The van der Waals surface area contributed by atoms with Crippen molar-refractivity contribution in [2.45, 2.75) is 58.1 Å². The van der Waals surface area contributed by atoms with E-state index in [9.17, 15) is 9.59 Å². The fourth-order valence-corrected chi connectivity index (χ4v) is 4.31. The topological polar surface area (TPSA) is 68.3 Å². The summed E-state index contributed by atoms with van der Waals surface area (Å²) in [4.78, 5) is 29.3. The van der Waals surface area contributed by atoms with Gasteiger partial charge >= 0.3 is 6.09 Å². The summed E-state index contributed by atoms with van der Waals surface area (Å²) >= 11 is 0. The van der Waals surface area contributed by atoms with Crippen molar-refractivity contribution in [2.75, 3.05) is 33.9 Å². The molecule has 7 nitrogen and oxygen atoms in total. The number of likely N-dealkylation sites (tertiary alicyclic amines) is 2. The number of carbonyl (C=O) groups excluding carboxylic acids is 2. The molecule has 2 aliphatic heterocycles. The number of piperidine rings is 1. The van der Waals surface area contributed by atoms with Crippen molar-refractivity contribution in [3.05, 3.63) is 23.8 Å². The Labute approximate surface area is 179 Å². The van der Waals surface area contributed by atoms with Gasteiger partial charge in [0.1, 0.15) is 5.60 Å². The summed E-state index contributed by atoms with van der Waals surface area (Å²) in [6, 6.07) is 5.94. The zero-order valence-corrected chi connectivity index (χ0v) is 18.8. The molecule has 2 heterocycles. The van der Waals surface area contributed by atoms with Crippen LogP contribution in [0.2, 0.25) is 0 Å². The molecule has 0 N–H and O–H groups in total. The fourth-order valence-electron chi connectivity index (χ4n) is 4.31. The molecule has 3 rings (SSSR count). The summed E-state index contributed by atoms with van der Waals surface area (Å²) in [5.41, 5.74) is 0.566. The number of benzene rings is 1. The van der Waals surface area contributed by atoms with Crippen molar-refractivity contribution in [2.24, 2.45) is 5.92 Å². The Morgan fingerprint density at radius 1 is 0.967 bits per heavy atom. The van der Waals surface area contributed by atoms with Gasteiger partial charge in [-0.15, -0.1) is 0 Å². The first-order valence-electron chi connectivity index (χ1n) is 10.7. The number of hydrogen-bond acceptors (Lipinski definition) is 5. The van der Waals surface area contributed by atoms with Crippen LogP contribution in [0.4, 0.5) is 4.79 Å². The van der Waals surface area contributed by atoms with Crippen LogP contribution >= 0.6 is 0 Å². The first-order chi connectivity index (χ1) is 14.2. The molecule has 2 amide bonds. The molecule has 2 fully saturated rings. The van der Waals surface area contributed by atoms with Crippen molar-refractivity contribution in [1.29, 1.82) is 0 Å². The minimum absolute atomic E-state index is 0.0515. The second kappa shape index (κ2) is 9.14. The highest BCUT2D eigenvalue weighted by molar-refractivity contribution is 5.80. The largest absolute Gasteiger partial charge is 0.493 e. The lowest BCUT2D eigenvalue weighted by atomic mass is 9.94. The second-order valence-electron chi connectivity index (χ2n) is 9.05. The van der Waals surface area contributed by atoms with Gasteiger partial charge in [0.25, 0.3) is 0 Å². The first-order valence-corrected chi connectivity index (χ1v) is 10.7. The lowest BCUT2D eigenvalue weighted by molar-refractivity contribution is -0.138. The molecular formula is C23H34N2O5. The van der Waals surface area contributed by atoms with Crippen molar-refractivity contribution >= 4 is 12.0 Å². The monoisotopic (exact) mass is 418 g/mol. The molecular weight excluding hydrogens is 384 g/mol. The lowest BCUT2D eigenvalue weighted by Gasteiger charge is -2.35. The van der Waals surface area contributed by atoms with E-state index in [2.05, 4.69) is 0 Å². The van der Waals surface area contributed by atoms with Crippen LogP contribution in [0.15, 0.2) is 18.2 Å². The Balaban J connectivity index is 1.64. The number of amides is 2. The van der Waals surface area contributed by atoms with E-state index in [0.717, 1.165) is 24.9 Å². The van der Waals surface area contributed by atoms with Crippen LogP contribution in [0.3, 0.4) is 0 Å². The quantitative estimate of drug-likeness (QED) is 0.739. The molecule has 7 heteroatoms. The van der Waals surface area contributed by atoms with Crippen LogP contribution in [-0.2, 0) is 9.53 Å². The Kier molecular flexibility index (Phi) is 6.78. The van der Waals surface area contributed by atoms with E-state index in [0.29, 0.717) is 37.4 Å². The molecule has 0 bridgehead atoms. The number of carbonyl (C=O) groups is 2. The van der Waals surface area contributed by atoms with Gasteiger partial charge in [-0.1, -0.05) is 6.07 Å². The summed E-state index contributed by atoms with van der Waals surface area (Å²) in [7, 11) is 3.24. The Morgan fingerprint density at radius 2 is 1.63 bits per heavy atom. The molecule has 166 valence electrons.